The number of rotatable bonds is 4. The van der Waals surface area contributed by atoms with Crippen molar-refractivity contribution in [3.63, 3.8) is 0 Å². The van der Waals surface area contributed by atoms with Gasteiger partial charge in [-0.2, -0.15) is 0 Å². The van der Waals surface area contributed by atoms with E-state index in [0.717, 1.165) is 17.3 Å². The van der Waals surface area contributed by atoms with Gasteiger partial charge in [0.1, 0.15) is 16.0 Å². The van der Waals surface area contributed by atoms with Gasteiger partial charge in [-0.1, -0.05) is 32.1 Å². The number of nitrogens with one attached hydrogen (secondary N) is 1. The lowest BCUT2D eigenvalue weighted by molar-refractivity contribution is 0.0929. The number of amides is 1. The highest BCUT2D eigenvalue weighted by Gasteiger charge is 2.18. The molecule has 1 N–H and O–H groups in total. The molecule has 2 rings (SSSR count). The number of hydrogen-bond donors (Lipinski definition) is 1. The van der Waals surface area contributed by atoms with Crippen LogP contribution in [-0.4, -0.2) is 26.2 Å². The number of halogens is 1. The van der Waals surface area contributed by atoms with Crippen LogP contribution in [0.15, 0.2) is 16.6 Å². The Balaban J connectivity index is 2.11. The summed E-state index contributed by atoms with van der Waals surface area (Å²) in [6.07, 6.45) is 8.38. The van der Waals surface area contributed by atoms with Crippen molar-refractivity contribution in [3.8, 4) is 11.5 Å². The number of hydrogen-bond acceptors (Lipinski definition) is 3. The Kier molecular flexibility index (Phi) is 6.55. The van der Waals surface area contributed by atoms with E-state index in [1.54, 1.807) is 26.4 Å². The number of ether oxygens (including phenoxy) is 2. The Labute approximate surface area is 140 Å². The van der Waals surface area contributed by atoms with Gasteiger partial charge in [-0.3, -0.25) is 4.79 Å². The van der Waals surface area contributed by atoms with Crippen molar-refractivity contribution in [3.05, 3.63) is 22.2 Å². The van der Waals surface area contributed by atoms with Gasteiger partial charge in [0.25, 0.3) is 5.91 Å². The number of carbonyl (C=O) groups is 1. The van der Waals surface area contributed by atoms with Crippen LogP contribution in [-0.2, 0) is 0 Å². The summed E-state index contributed by atoms with van der Waals surface area (Å²) in [4.78, 5) is 12.5. The van der Waals surface area contributed by atoms with Gasteiger partial charge < -0.3 is 14.8 Å². The van der Waals surface area contributed by atoms with Gasteiger partial charge in [-0.25, -0.2) is 0 Å². The summed E-state index contributed by atoms with van der Waals surface area (Å²) in [6, 6.07) is 3.75. The van der Waals surface area contributed by atoms with Crippen molar-refractivity contribution >= 4 is 21.8 Å². The van der Waals surface area contributed by atoms with E-state index in [2.05, 4.69) is 21.2 Å². The zero-order valence-corrected chi connectivity index (χ0v) is 14.9. The minimum absolute atomic E-state index is 0.0605. The summed E-state index contributed by atoms with van der Waals surface area (Å²) in [5.74, 6) is 1.14. The Morgan fingerprint density at radius 2 is 1.55 bits per heavy atom. The molecular formula is C17H24BrNO3. The third kappa shape index (κ3) is 4.38. The van der Waals surface area contributed by atoms with Gasteiger partial charge in [0, 0.05) is 11.6 Å². The van der Waals surface area contributed by atoms with Gasteiger partial charge >= 0.3 is 0 Å². The van der Waals surface area contributed by atoms with Crippen LogP contribution in [0, 0.1) is 0 Å². The minimum Gasteiger partial charge on any atom is -0.495 e. The number of benzene rings is 1. The quantitative estimate of drug-likeness (QED) is 0.859. The second-order valence-corrected chi connectivity index (χ2v) is 6.50. The van der Waals surface area contributed by atoms with Crippen molar-refractivity contribution in [1.82, 2.24) is 5.32 Å². The van der Waals surface area contributed by atoms with E-state index in [9.17, 15) is 4.79 Å². The van der Waals surface area contributed by atoms with Gasteiger partial charge in [0.15, 0.2) is 0 Å². The molecule has 1 saturated carbocycles. The predicted molar refractivity (Wildman–Crippen MR) is 90.8 cm³/mol. The fourth-order valence-corrected chi connectivity index (χ4v) is 3.42. The van der Waals surface area contributed by atoms with E-state index in [1.807, 2.05) is 0 Å². The summed E-state index contributed by atoms with van der Waals surface area (Å²) >= 11 is 3.42. The molecule has 0 radical (unpaired) electrons. The first-order valence-corrected chi connectivity index (χ1v) is 8.67. The third-order valence-electron chi connectivity index (χ3n) is 4.15. The largest absolute Gasteiger partial charge is 0.495 e. The average molecular weight is 370 g/mol. The SMILES string of the molecule is COc1cc(C(=O)NC2CCCCCCC2)cc(OC)c1Br. The molecule has 0 bridgehead atoms. The summed E-state index contributed by atoms with van der Waals surface area (Å²) in [5, 5.41) is 3.16. The molecule has 0 aromatic heterocycles. The summed E-state index contributed by atoms with van der Waals surface area (Å²) in [5.41, 5.74) is 0.568. The average Bonchev–Trinajstić information content (AvgIpc) is 2.50. The predicted octanol–water partition coefficient (Wildman–Crippen LogP) is 4.31. The smallest absolute Gasteiger partial charge is 0.251 e. The lowest BCUT2D eigenvalue weighted by Crippen LogP contribution is -2.35. The molecule has 0 spiro atoms. The molecule has 122 valence electrons. The molecular weight excluding hydrogens is 346 g/mol. The van der Waals surface area contributed by atoms with E-state index >= 15 is 0 Å². The molecule has 4 nitrogen and oxygen atoms in total. The van der Waals surface area contributed by atoms with Crippen LogP contribution in [0.1, 0.15) is 55.3 Å². The molecule has 0 atom stereocenters. The van der Waals surface area contributed by atoms with Crippen LogP contribution >= 0.6 is 15.9 Å². The molecule has 1 aromatic rings. The van der Waals surface area contributed by atoms with Crippen LogP contribution in [0.2, 0.25) is 0 Å². The van der Waals surface area contributed by atoms with Crippen molar-refractivity contribution < 1.29 is 14.3 Å². The van der Waals surface area contributed by atoms with Crippen LogP contribution in [0.5, 0.6) is 11.5 Å². The van der Waals surface area contributed by atoms with Crippen molar-refractivity contribution in [2.45, 2.75) is 51.0 Å². The minimum atomic E-state index is -0.0605. The van der Waals surface area contributed by atoms with Crippen LogP contribution in [0.3, 0.4) is 0 Å². The first-order chi connectivity index (χ1) is 10.7. The molecule has 0 aliphatic heterocycles. The molecule has 1 fully saturated rings. The maximum absolute atomic E-state index is 12.5. The first-order valence-electron chi connectivity index (χ1n) is 7.88. The van der Waals surface area contributed by atoms with E-state index in [1.165, 1.54) is 32.1 Å². The lowest BCUT2D eigenvalue weighted by atomic mass is 9.96. The van der Waals surface area contributed by atoms with Crippen LogP contribution < -0.4 is 14.8 Å². The molecule has 0 saturated heterocycles. The fourth-order valence-electron chi connectivity index (χ4n) is 2.87. The highest BCUT2D eigenvalue weighted by atomic mass is 79.9. The van der Waals surface area contributed by atoms with Crippen molar-refractivity contribution in [2.75, 3.05) is 14.2 Å². The summed E-state index contributed by atoms with van der Waals surface area (Å²) < 4.78 is 11.3. The fraction of sp³-hybridized carbons (Fsp3) is 0.588. The van der Waals surface area contributed by atoms with Gasteiger partial charge in [-0.15, -0.1) is 0 Å². The monoisotopic (exact) mass is 369 g/mol. The molecule has 0 heterocycles. The Morgan fingerprint density at radius 1 is 1.05 bits per heavy atom. The highest BCUT2D eigenvalue weighted by molar-refractivity contribution is 9.10. The summed E-state index contributed by atoms with van der Waals surface area (Å²) in [7, 11) is 3.16. The van der Waals surface area contributed by atoms with Crippen LogP contribution in [0.4, 0.5) is 0 Å². The van der Waals surface area contributed by atoms with Gasteiger partial charge in [-0.05, 0) is 40.9 Å². The zero-order chi connectivity index (χ0) is 15.9. The van der Waals surface area contributed by atoms with Gasteiger partial charge in [0.2, 0.25) is 0 Å². The van der Waals surface area contributed by atoms with E-state index in [0.29, 0.717) is 17.1 Å². The topological polar surface area (TPSA) is 47.6 Å². The normalized spacial score (nSPS) is 16.5. The Morgan fingerprint density at radius 3 is 2.05 bits per heavy atom. The van der Waals surface area contributed by atoms with E-state index in [4.69, 9.17) is 9.47 Å². The summed E-state index contributed by atoms with van der Waals surface area (Å²) in [6.45, 7) is 0. The van der Waals surface area contributed by atoms with Crippen molar-refractivity contribution in [1.29, 1.82) is 0 Å². The zero-order valence-electron chi connectivity index (χ0n) is 13.3. The van der Waals surface area contributed by atoms with Crippen LogP contribution in [0.25, 0.3) is 0 Å². The second-order valence-electron chi connectivity index (χ2n) is 5.71. The highest BCUT2D eigenvalue weighted by Crippen LogP contribution is 2.35. The number of methoxy groups -OCH3 is 2. The molecule has 1 aliphatic carbocycles. The molecule has 1 aromatic carbocycles. The van der Waals surface area contributed by atoms with Gasteiger partial charge in [0.05, 0.1) is 14.2 Å². The maximum Gasteiger partial charge on any atom is 0.251 e. The third-order valence-corrected chi connectivity index (χ3v) is 4.93. The Bertz CT molecular complexity index is 486. The van der Waals surface area contributed by atoms with E-state index in [-0.39, 0.29) is 11.9 Å². The first kappa shape index (κ1) is 17.1. The lowest BCUT2D eigenvalue weighted by Gasteiger charge is -2.21. The molecule has 5 heteroatoms. The Hall–Kier alpha value is -1.23. The second kappa shape index (κ2) is 8.42. The molecule has 22 heavy (non-hydrogen) atoms. The maximum atomic E-state index is 12.5. The number of carbonyl (C=O) groups excluding carboxylic acids is 1. The molecule has 1 aliphatic rings. The standard InChI is InChI=1S/C17H24BrNO3/c1-21-14-10-12(11-15(22-2)16(14)18)17(20)19-13-8-6-4-3-5-7-9-13/h10-11,13H,3-9H2,1-2H3,(H,19,20). The van der Waals surface area contributed by atoms with E-state index < -0.39 is 0 Å². The van der Waals surface area contributed by atoms with Crippen molar-refractivity contribution in [2.24, 2.45) is 0 Å². The molecule has 0 unspecified atom stereocenters. The molecule has 1 amide bonds.